The number of fused-ring (bicyclic) bond motifs is 1. The number of rotatable bonds is 3. The fraction of sp³-hybridized carbons (Fsp3) is 0.533. The summed E-state index contributed by atoms with van der Waals surface area (Å²) in [6.07, 6.45) is 4.90. The zero-order valence-corrected chi connectivity index (χ0v) is 11.8. The van der Waals surface area contributed by atoms with E-state index in [9.17, 15) is 4.79 Å². The Labute approximate surface area is 114 Å². The molecule has 0 aliphatic heterocycles. The van der Waals surface area contributed by atoms with E-state index in [-0.39, 0.29) is 17.3 Å². The quantitative estimate of drug-likeness (QED) is 0.836. The lowest BCUT2D eigenvalue weighted by Crippen LogP contribution is -2.41. The van der Waals surface area contributed by atoms with Gasteiger partial charge in [-0.1, -0.05) is 18.2 Å². The number of hydrogen-bond donors (Lipinski definition) is 1. The van der Waals surface area contributed by atoms with Crippen molar-refractivity contribution in [3.05, 3.63) is 34.9 Å². The topological polar surface area (TPSA) is 29.1 Å². The first-order chi connectivity index (χ1) is 8.53. The van der Waals surface area contributed by atoms with E-state index in [4.69, 9.17) is 11.6 Å². The van der Waals surface area contributed by atoms with Gasteiger partial charge in [0.25, 0.3) is 0 Å². The van der Waals surface area contributed by atoms with E-state index in [1.807, 2.05) is 13.8 Å². The van der Waals surface area contributed by atoms with E-state index in [0.29, 0.717) is 0 Å². The van der Waals surface area contributed by atoms with Crippen LogP contribution in [-0.2, 0) is 23.2 Å². The van der Waals surface area contributed by atoms with E-state index in [1.165, 1.54) is 30.4 Å². The minimum atomic E-state index is -0.363. The highest BCUT2D eigenvalue weighted by atomic mass is 35.5. The van der Waals surface area contributed by atoms with Gasteiger partial charge in [0, 0.05) is 0 Å². The van der Waals surface area contributed by atoms with E-state index in [2.05, 4.69) is 23.5 Å². The number of amides is 1. The number of alkyl halides is 1. The molecule has 1 amide bonds. The van der Waals surface area contributed by atoms with Crippen LogP contribution in [0.4, 0.5) is 0 Å². The first kappa shape index (κ1) is 13.4. The number of aryl methyl sites for hydroxylation is 2. The van der Waals surface area contributed by atoms with Crippen LogP contribution in [0.3, 0.4) is 0 Å². The van der Waals surface area contributed by atoms with Crippen LogP contribution in [0, 0.1) is 0 Å². The number of carbonyl (C=O) groups excluding carboxylic acids is 1. The van der Waals surface area contributed by atoms with E-state index in [1.54, 1.807) is 0 Å². The number of carbonyl (C=O) groups is 1. The Balaban J connectivity index is 2.24. The summed E-state index contributed by atoms with van der Waals surface area (Å²) >= 11 is 5.55. The largest absolute Gasteiger partial charge is 0.346 e. The van der Waals surface area contributed by atoms with Crippen LogP contribution in [0.25, 0.3) is 0 Å². The Morgan fingerprint density at radius 2 is 1.94 bits per heavy atom. The SMILES string of the molecule is CC(C)(NC(=O)CCl)c1ccc2c(c1)CCCC2. The lowest BCUT2D eigenvalue weighted by atomic mass is 9.86. The predicted molar refractivity (Wildman–Crippen MR) is 75.0 cm³/mol. The maximum absolute atomic E-state index is 11.4. The molecule has 0 unspecified atom stereocenters. The molecule has 1 aromatic rings. The fourth-order valence-electron chi connectivity index (χ4n) is 2.58. The van der Waals surface area contributed by atoms with Crippen molar-refractivity contribution in [2.75, 3.05) is 5.88 Å². The average Bonchev–Trinajstić information content (AvgIpc) is 2.37. The molecular formula is C15H20ClNO. The average molecular weight is 266 g/mol. The molecule has 1 aliphatic carbocycles. The van der Waals surface area contributed by atoms with Gasteiger partial charge in [-0.3, -0.25) is 4.79 Å². The van der Waals surface area contributed by atoms with Crippen molar-refractivity contribution in [2.45, 2.75) is 45.1 Å². The van der Waals surface area contributed by atoms with Gasteiger partial charge in [0.05, 0.1) is 5.54 Å². The molecule has 1 aromatic carbocycles. The summed E-state index contributed by atoms with van der Waals surface area (Å²) in [5.41, 5.74) is 3.69. The van der Waals surface area contributed by atoms with Gasteiger partial charge >= 0.3 is 0 Å². The maximum atomic E-state index is 11.4. The second-order valence-electron chi connectivity index (χ2n) is 5.50. The summed E-state index contributed by atoms with van der Waals surface area (Å²) in [5.74, 6) is -0.117. The van der Waals surface area contributed by atoms with Gasteiger partial charge in [-0.05, 0) is 56.2 Å². The molecule has 0 radical (unpaired) electrons. The van der Waals surface area contributed by atoms with Crippen molar-refractivity contribution in [3.63, 3.8) is 0 Å². The lowest BCUT2D eigenvalue weighted by Gasteiger charge is -2.28. The van der Waals surface area contributed by atoms with Crippen LogP contribution < -0.4 is 5.32 Å². The summed E-state index contributed by atoms with van der Waals surface area (Å²) in [6, 6.07) is 6.57. The molecule has 0 saturated heterocycles. The second-order valence-corrected chi connectivity index (χ2v) is 5.76. The summed E-state index contributed by atoms with van der Waals surface area (Å²) in [7, 11) is 0. The summed E-state index contributed by atoms with van der Waals surface area (Å²) in [6.45, 7) is 4.03. The molecule has 0 bridgehead atoms. The van der Waals surface area contributed by atoms with E-state index >= 15 is 0 Å². The van der Waals surface area contributed by atoms with Gasteiger partial charge < -0.3 is 5.32 Å². The van der Waals surface area contributed by atoms with Gasteiger partial charge in [0.15, 0.2) is 0 Å². The van der Waals surface area contributed by atoms with Crippen LogP contribution in [0.5, 0.6) is 0 Å². The Kier molecular flexibility index (Phi) is 3.96. The number of halogens is 1. The maximum Gasteiger partial charge on any atom is 0.235 e. The number of benzene rings is 1. The molecule has 0 spiro atoms. The summed E-state index contributed by atoms with van der Waals surface area (Å²) < 4.78 is 0. The first-order valence-corrected chi connectivity index (χ1v) is 7.05. The third-order valence-corrected chi connectivity index (χ3v) is 3.89. The Hall–Kier alpha value is -1.02. The molecule has 0 fully saturated rings. The molecule has 2 rings (SSSR count). The summed E-state index contributed by atoms with van der Waals surface area (Å²) in [4.78, 5) is 11.4. The third-order valence-electron chi connectivity index (χ3n) is 3.64. The van der Waals surface area contributed by atoms with E-state index < -0.39 is 0 Å². The van der Waals surface area contributed by atoms with Gasteiger partial charge in [-0.15, -0.1) is 11.6 Å². The number of hydrogen-bond acceptors (Lipinski definition) is 1. The molecule has 2 nitrogen and oxygen atoms in total. The van der Waals surface area contributed by atoms with Crippen LogP contribution in [0.1, 0.15) is 43.4 Å². The van der Waals surface area contributed by atoms with Crippen molar-refractivity contribution in [2.24, 2.45) is 0 Å². The normalized spacial score (nSPS) is 15.1. The molecule has 0 aromatic heterocycles. The van der Waals surface area contributed by atoms with Crippen molar-refractivity contribution < 1.29 is 4.79 Å². The molecule has 1 aliphatic rings. The monoisotopic (exact) mass is 265 g/mol. The van der Waals surface area contributed by atoms with Crippen molar-refractivity contribution >= 4 is 17.5 Å². The molecule has 3 heteroatoms. The van der Waals surface area contributed by atoms with Crippen LogP contribution in [-0.4, -0.2) is 11.8 Å². The molecular weight excluding hydrogens is 246 g/mol. The Bertz CT molecular complexity index is 454. The minimum absolute atomic E-state index is 0.00830. The van der Waals surface area contributed by atoms with Crippen molar-refractivity contribution in [3.8, 4) is 0 Å². The lowest BCUT2D eigenvalue weighted by molar-refractivity contribution is -0.120. The Morgan fingerprint density at radius 3 is 2.61 bits per heavy atom. The molecule has 1 N–H and O–H groups in total. The van der Waals surface area contributed by atoms with E-state index in [0.717, 1.165) is 12.0 Å². The second kappa shape index (κ2) is 5.31. The van der Waals surface area contributed by atoms with Gasteiger partial charge in [-0.2, -0.15) is 0 Å². The molecule has 18 heavy (non-hydrogen) atoms. The van der Waals surface area contributed by atoms with Crippen molar-refractivity contribution in [1.82, 2.24) is 5.32 Å². The predicted octanol–water partition coefficient (Wildman–Crippen LogP) is 3.16. The highest BCUT2D eigenvalue weighted by molar-refractivity contribution is 6.27. The highest BCUT2D eigenvalue weighted by Gasteiger charge is 2.23. The standard InChI is InChI=1S/C15H20ClNO/c1-15(2,17-14(18)10-16)13-8-7-11-5-3-4-6-12(11)9-13/h7-9H,3-6,10H2,1-2H3,(H,17,18). The highest BCUT2D eigenvalue weighted by Crippen LogP contribution is 2.27. The Morgan fingerprint density at radius 1 is 1.28 bits per heavy atom. The minimum Gasteiger partial charge on any atom is -0.346 e. The van der Waals surface area contributed by atoms with Gasteiger partial charge in [0.2, 0.25) is 5.91 Å². The zero-order chi connectivity index (χ0) is 13.2. The first-order valence-electron chi connectivity index (χ1n) is 6.52. The van der Waals surface area contributed by atoms with Crippen LogP contribution in [0.15, 0.2) is 18.2 Å². The fourth-order valence-corrected chi connectivity index (χ4v) is 2.64. The summed E-state index contributed by atoms with van der Waals surface area (Å²) in [5, 5.41) is 2.96. The molecule has 0 saturated carbocycles. The third kappa shape index (κ3) is 2.86. The van der Waals surface area contributed by atoms with Gasteiger partial charge in [0.1, 0.15) is 5.88 Å². The van der Waals surface area contributed by atoms with Crippen molar-refractivity contribution in [1.29, 1.82) is 0 Å². The zero-order valence-electron chi connectivity index (χ0n) is 11.1. The van der Waals surface area contributed by atoms with Crippen LogP contribution in [0.2, 0.25) is 0 Å². The smallest absolute Gasteiger partial charge is 0.235 e. The number of nitrogens with one attached hydrogen (secondary N) is 1. The van der Waals surface area contributed by atoms with Gasteiger partial charge in [-0.25, -0.2) is 0 Å². The molecule has 0 heterocycles. The van der Waals surface area contributed by atoms with Crippen LogP contribution >= 0.6 is 11.6 Å². The molecule has 0 atom stereocenters. The molecule has 98 valence electrons.